The Kier molecular flexibility index (Phi) is 9.14. The summed E-state index contributed by atoms with van der Waals surface area (Å²) in [7, 11) is 1.77. The highest BCUT2D eigenvalue weighted by Gasteiger charge is 2.01. The Balaban J connectivity index is 1.61. The van der Waals surface area contributed by atoms with E-state index in [9.17, 15) is 0 Å². The van der Waals surface area contributed by atoms with Crippen molar-refractivity contribution in [3.05, 3.63) is 54.0 Å². The van der Waals surface area contributed by atoms with Gasteiger partial charge in [-0.3, -0.25) is 4.99 Å². The molecule has 6 nitrogen and oxygen atoms in total. The maximum atomic E-state index is 5.66. The maximum Gasteiger partial charge on any atom is 0.191 e. The van der Waals surface area contributed by atoms with E-state index in [1.807, 2.05) is 24.3 Å². The van der Waals surface area contributed by atoms with Crippen molar-refractivity contribution in [1.29, 1.82) is 0 Å². The molecule has 1 aromatic heterocycles. The summed E-state index contributed by atoms with van der Waals surface area (Å²) < 4.78 is 16.4. The summed E-state index contributed by atoms with van der Waals surface area (Å²) >= 11 is 0. The second-order valence-corrected chi connectivity index (χ2v) is 5.83. The van der Waals surface area contributed by atoms with E-state index in [-0.39, 0.29) is 0 Å². The van der Waals surface area contributed by atoms with Crippen molar-refractivity contribution in [2.45, 2.75) is 32.9 Å². The Morgan fingerprint density at radius 2 is 2.08 bits per heavy atom. The summed E-state index contributed by atoms with van der Waals surface area (Å²) in [5, 5.41) is 6.60. The summed E-state index contributed by atoms with van der Waals surface area (Å²) in [6.45, 7) is 5.50. The molecule has 0 amide bonds. The molecule has 2 N–H and O–H groups in total. The Morgan fingerprint density at radius 3 is 2.85 bits per heavy atom. The Hall–Kier alpha value is -2.47. The standard InChI is InChI=1S/C20H29N3O3/c1-3-11-25-18-8-4-7-17(14-18)15-23-20(21-2)22-10-6-12-24-16-19-9-5-13-26-19/h4-5,7-9,13-14H,3,6,10-12,15-16H2,1-2H3,(H2,21,22,23). The minimum Gasteiger partial charge on any atom is -0.494 e. The maximum absolute atomic E-state index is 5.66. The van der Waals surface area contributed by atoms with Gasteiger partial charge in [-0.05, 0) is 42.7 Å². The van der Waals surface area contributed by atoms with Gasteiger partial charge in [-0.15, -0.1) is 0 Å². The lowest BCUT2D eigenvalue weighted by Crippen LogP contribution is -2.37. The van der Waals surface area contributed by atoms with Crippen molar-refractivity contribution in [2.75, 3.05) is 26.8 Å². The molecule has 1 aromatic carbocycles. The number of aliphatic imine (C=N–C) groups is 1. The van der Waals surface area contributed by atoms with Crippen LogP contribution >= 0.6 is 0 Å². The number of nitrogens with one attached hydrogen (secondary N) is 2. The number of hydrogen-bond donors (Lipinski definition) is 2. The quantitative estimate of drug-likeness (QED) is 0.366. The topological polar surface area (TPSA) is 68.0 Å². The Labute approximate surface area is 155 Å². The van der Waals surface area contributed by atoms with Gasteiger partial charge in [0.15, 0.2) is 5.96 Å². The summed E-state index contributed by atoms with van der Waals surface area (Å²) in [5.41, 5.74) is 1.16. The first-order valence-electron chi connectivity index (χ1n) is 9.08. The molecule has 0 spiro atoms. The molecule has 0 bridgehead atoms. The van der Waals surface area contributed by atoms with Gasteiger partial charge in [0.05, 0.1) is 12.9 Å². The van der Waals surface area contributed by atoms with Crippen LogP contribution in [-0.2, 0) is 17.9 Å². The average Bonchev–Trinajstić information content (AvgIpc) is 3.19. The molecule has 0 aliphatic carbocycles. The molecule has 0 fully saturated rings. The van der Waals surface area contributed by atoms with Crippen molar-refractivity contribution in [3.8, 4) is 5.75 Å². The smallest absolute Gasteiger partial charge is 0.191 e. The molecule has 2 aromatic rings. The normalized spacial score (nSPS) is 11.4. The van der Waals surface area contributed by atoms with E-state index in [2.05, 4.69) is 34.7 Å². The Morgan fingerprint density at radius 1 is 1.15 bits per heavy atom. The van der Waals surface area contributed by atoms with Gasteiger partial charge in [0, 0.05) is 26.7 Å². The second kappa shape index (κ2) is 12.0. The fourth-order valence-electron chi connectivity index (χ4n) is 2.32. The summed E-state index contributed by atoms with van der Waals surface area (Å²) in [5.74, 6) is 2.53. The molecule has 0 unspecified atom stereocenters. The average molecular weight is 359 g/mol. The van der Waals surface area contributed by atoms with Crippen molar-refractivity contribution in [3.63, 3.8) is 0 Å². The minimum absolute atomic E-state index is 0.510. The summed E-state index contributed by atoms with van der Waals surface area (Å²) in [4.78, 5) is 4.24. The van der Waals surface area contributed by atoms with Crippen LogP contribution in [-0.4, -0.2) is 32.8 Å². The van der Waals surface area contributed by atoms with Gasteiger partial charge in [-0.1, -0.05) is 19.1 Å². The second-order valence-electron chi connectivity index (χ2n) is 5.83. The van der Waals surface area contributed by atoms with E-state index in [4.69, 9.17) is 13.9 Å². The first kappa shape index (κ1) is 19.8. The zero-order valence-electron chi connectivity index (χ0n) is 15.7. The zero-order chi connectivity index (χ0) is 18.5. The first-order chi connectivity index (χ1) is 12.8. The number of furan rings is 1. The number of hydrogen-bond acceptors (Lipinski definition) is 4. The van der Waals surface area contributed by atoms with Gasteiger partial charge in [0.25, 0.3) is 0 Å². The molecular weight excluding hydrogens is 330 g/mol. The third kappa shape index (κ3) is 7.61. The predicted molar refractivity (Wildman–Crippen MR) is 103 cm³/mol. The van der Waals surface area contributed by atoms with Crippen LogP contribution < -0.4 is 15.4 Å². The number of ether oxygens (including phenoxy) is 2. The van der Waals surface area contributed by atoms with E-state index in [1.54, 1.807) is 13.3 Å². The Bertz CT molecular complexity index is 642. The largest absolute Gasteiger partial charge is 0.494 e. The van der Waals surface area contributed by atoms with Crippen molar-refractivity contribution < 1.29 is 13.9 Å². The highest BCUT2D eigenvalue weighted by Crippen LogP contribution is 2.13. The lowest BCUT2D eigenvalue weighted by molar-refractivity contribution is 0.105. The number of nitrogens with zero attached hydrogens (tertiary/aromatic N) is 1. The van der Waals surface area contributed by atoms with Crippen LogP contribution in [0.1, 0.15) is 31.1 Å². The van der Waals surface area contributed by atoms with E-state index >= 15 is 0 Å². The molecule has 0 aliphatic heterocycles. The van der Waals surface area contributed by atoms with E-state index < -0.39 is 0 Å². The van der Waals surface area contributed by atoms with E-state index in [0.29, 0.717) is 19.8 Å². The van der Waals surface area contributed by atoms with Crippen LogP contribution in [0.3, 0.4) is 0 Å². The summed E-state index contributed by atoms with van der Waals surface area (Å²) in [6, 6.07) is 11.9. The molecular formula is C20H29N3O3. The lowest BCUT2D eigenvalue weighted by atomic mass is 10.2. The molecule has 1 heterocycles. The van der Waals surface area contributed by atoms with Gasteiger partial charge in [0.1, 0.15) is 18.1 Å². The van der Waals surface area contributed by atoms with E-state index in [1.165, 1.54) is 0 Å². The third-order valence-corrected chi connectivity index (χ3v) is 3.64. The fraction of sp³-hybridized carbons (Fsp3) is 0.450. The van der Waals surface area contributed by atoms with Crippen LogP contribution in [0.15, 0.2) is 52.1 Å². The van der Waals surface area contributed by atoms with Gasteiger partial charge in [0.2, 0.25) is 0 Å². The third-order valence-electron chi connectivity index (χ3n) is 3.64. The van der Waals surface area contributed by atoms with E-state index in [0.717, 1.165) is 49.0 Å². The van der Waals surface area contributed by atoms with Crippen LogP contribution in [0.5, 0.6) is 5.75 Å². The molecule has 0 atom stereocenters. The number of guanidine groups is 1. The van der Waals surface area contributed by atoms with Crippen LogP contribution in [0, 0.1) is 0 Å². The highest BCUT2D eigenvalue weighted by molar-refractivity contribution is 5.79. The van der Waals surface area contributed by atoms with Gasteiger partial charge in [-0.2, -0.15) is 0 Å². The molecule has 6 heteroatoms. The zero-order valence-corrected chi connectivity index (χ0v) is 15.7. The molecule has 0 radical (unpaired) electrons. The number of benzene rings is 1. The minimum atomic E-state index is 0.510. The van der Waals surface area contributed by atoms with Gasteiger partial charge in [-0.25, -0.2) is 0 Å². The van der Waals surface area contributed by atoms with Crippen molar-refractivity contribution in [2.24, 2.45) is 4.99 Å². The highest BCUT2D eigenvalue weighted by atomic mass is 16.5. The molecule has 0 aliphatic rings. The number of rotatable bonds is 11. The molecule has 0 saturated carbocycles. The fourth-order valence-corrected chi connectivity index (χ4v) is 2.32. The van der Waals surface area contributed by atoms with Gasteiger partial charge < -0.3 is 24.5 Å². The van der Waals surface area contributed by atoms with Gasteiger partial charge >= 0.3 is 0 Å². The van der Waals surface area contributed by atoms with Crippen LogP contribution in [0.2, 0.25) is 0 Å². The molecule has 26 heavy (non-hydrogen) atoms. The SMILES string of the molecule is CCCOc1cccc(CNC(=NC)NCCCOCc2ccco2)c1. The summed E-state index contributed by atoms with van der Waals surface area (Å²) in [6.07, 6.45) is 3.55. The van der Waals surface area contributed by atoms with Crippen molar-refractivity contribution in [1.82, 2.24) is 10.6 Å². The first-order valence-corrected chi connectivity index (χ1v) is 9.08. The van der Waals surface area contributed by atoms with Crippen LogP contribution in [0.4, 0.5) is 0 Å². The predicted octanol–water partition coefficient (Wildman–Crippen LogP) is 3.34. The monoisotopic (exact) mass is 359 g/mol. The van der Waals surface area contributed by atoms with Crippen LogP contribution in [0.25, 0.3) is 0 Å². The lowest BCUT2D eigenvalue weighted by Gasteiger charge is -2.13. The molecule has 142 valence electrons. The molecule has 2 rings (SSSR count). The molecule has 0 saturated heterocycles. The van der Waals surface area contributed by atoms with Crippen molar-refractivity contribution >= 4 is 5.96 Å².